The number of benzene rings is 4. The predicted octanol–water partition coefficient (Wildman–Crippen LogP) is 6.92. The van der Waals surface area contributed by atoms with Crippen LogP contribution in [0.2, 0.25) is 0 Å². The molecule has 1 N–H and O–H groups in total. The molecule has 2 heterocycles. The molecule has 1 spiro atoms. The summed E-state index contributed by atoms with van der Waals surface area (Å²) in [5, 5.41) is 3.70. The Bertz CT molecular complexity index is 1170. The molecule has 2 aliphatic heterocycles. The lowest BCUT2D eigenvalue weighted by atomic mass is 9.62. The molecule has 0 unspecified atom stereocenters. The summed E-state index contributed by atoms with van der Waals surface area (Å²) < 4.78 is 0. The van der Waals surface area contributed by atoms with Gasteiger partial charge in [-0.1, -0.05) is 72.8 Å². The molecule has 0 fully saturated rings. The van der Waals surface area contributed by atoms with Gasteiger partial charge in [-0.3, -0.25) is 0 Å². The highest BCUT2D eigenvalue weighted by Gasteiger charge is 2.50. The normalized spacial score (nSPS) is 17.9. The van der Waals surface area contributed by atoms with Gasteiger partial charge in [-0.15, -0.1) is 0 Å². The lowest BCUT2D eigenvalue weighted by molar-refractivity contribution is 0.696. The van der Waals surface area contributed by atoms with E-state index in [2.05, 4.69) is 115 Å². The highest BCUT2D eigenvalue weighted by molar-refractivity contribution is 8.32. The van der Waals surface area contributed by atoms with Crippen LogP contribution < -0.4 is 5.32 Å². The van der Waals surface area contributed by atoms with E-state index in [0.29, 0.717) is 0 Å². The van der Waals surface area contributed by atoms with E-state index >= 15 is 0 Å². The van der Waals surface area contributed by atoms with Crippen molar-refractivity contribution in [3.63, 3.8) is 0 Å². The lowest BCUT2D eigenvalue weighted by Gasteiger charge is -2.52. The van der Waals surface area contributed by atoms with Gasteiger partial charge >= 0.3 is 0 Å². The quantitative estimate of drug-likeness (QED) is 0.301. The topological polar surface area (TPSA) is 12.0 Å². The van der Waals surface area contributed by atoms with Gasteiger partial charge in [-0.25, -0.2) is 0 Å². The van der Waals surface area contributed by atoms with E-state index in [1.165, 1.54) is 43.4 Å². The molecule has 29 heavy (non-hydrogen) atoms. The van der Waals surface area contributed by atoms with Crippen molar-refractivity contribution < 1.29 is 0 Å². The monoisotopic (exact) mass is 393 g/mol. The molecule has 0 saturated heterocycles. The van der Waals surface area contributed by atoms with Gasteiger partial charge in [0.15, 0.2) is 0 Å². The summed E-state index contributed by atoms with van der Waals surface area (Å²) in [5.74, 6) is 0. The van der Waals surface area contributed by atoms with E-state index in [0.717, 1.165) is 0 Å². The van der Waals surface area contributed by atoms with E-state index in [9.17, 15) is 0 Å². The van der Waals surface area contributed by atoms with Crippen molar-refractivity contribution in [2.75, 3.05) is 17.8 Å². The first-order valence-electron chi connectivity index (χ1n) is 10.0. The van der Waals surface area contributed by atoms with Gasteiger partial charge in [0.1, 0.15) is 0 Å². The second kappa shape index (κ2) is 5.77. The van der Waals surface area contributed by atoms with E-state index in [4.69, 9.17) is 0 Å². The number of hydrogen-bond acceptors (Lipinski definition) is 1. The van der Waals surface area contributed by atoms with Crippen LogP contribution in [0.5, 0.6) is 0 Å². The summed E-state index contributed by atoms with van der Waals surface area (Å²) in [6.45, 7) is 0. The third-order valence-electron chi connectivity index (χ3n) is 6.61. The van der Waals surface area contributed by atoms with Crippen molar-refractivity contribution in [3.05, 3.63) is 119 Å². The molecule has 0 radical (unpaired) electrons. The highest BCUT2D eigenvalue weighted by atomic mass is 32.3. The fourth-order valence-electron chi connectivity index (χ4n) is 5.42. The smallest absolute Gasteiger partial charge is 0.0762 e. The SMILES string of the molecule is CS1(C)c2ccccc2C2(c3ccccc3Nc3ccccc32)c2ccccc21. The summed E-state index contributed by atoms with van der Waals surface area (Å²) in [6.07, 6.45) is 4.88. The number of nitrogens with one attached hydrogen (secondary N) is 1. The van der Waals surface area contributed by atoms with Crippen LogP contribution in [0.1, 0.15) is 22.3 Å². The van der Waals surface area contributed by atoms with Crippen LogP contribution in [0.4, 0.5) is 11.4 Å². The summed E-state index contributed by atoms with van der Waals surface area (Å²) >= 11 is 0. The van der Waals surface area contributed by atoms with Gasteiger partial charge in [0.05, 0.1) is 5.41 Å². The molecule has 2 heteroatoms. The first-order valence-corrected chi connectivity index (χ1v) is 12.5. The Labute approximate surface area is 173 Å². The maximum absolute atomic E-state index is 3.70. The number of rotatable bonds is 0. The molecule has 0 saturated carbocycles. The predicted molar refractivity (Wildman–Crippen MR) is 124 cm³/mol. The number of hydrogen-bond donors (Lipinski definition) is 1. The van der Waals surface area contributed by atoms with Crippen LogP contribution in [0.25, 0.3) is 0 Å². The molecular formula is C27H23NS. The second-order valence-corrected chi connectivity index (χ2v) is 11.8. The van der Waals surface area contributed by atoms with E-state index in [-0.39, 0.29) is 5.41 Å². The Morgan fingerprint density at radius 1 is 0.517 bits per heavy atom. The minimum atomic E-state index is -1.10. The standard InChI is InChI=1S/C27H23NS/c1-29(2)25-17-9-5-13-21(25)27(22-14-6-10-18-26(22)29)19-11-3-7-15-23(19)28-24-16-8-4-12-20(24)27/h3-18,28H,1-2H3. The minimum Gasteiger partial charge on any atom is -0.355 e. The van der Waals surface area contributed by atoms with Crippen LogP contribution in [0, 0.1) is 0 Å². The molecule has 0 atom stereocenters. The summed E-state index contributed by atoms with van der Waals surface area (Å²) in [6, 6.07) is 35.9. The average Bonchev–Trinajstić information content (AvgIpc) is 2.77. The molecule has 6 rings (SSSR count). The summed E-state index contributed by atoms with van der Waals surface area (Å²) in [4.78, 5) is 2.98. The highest BCUT2D eigenvalue weighted by Crippen LogP contribution is 2.69. The lowest BCUT2D eigenvalue weighted by Crippen LogP contribution is -2.39. The van der Waals surface area contributed by atoms with Crippen molar-refractivity contribution in [1.29, 1.82) is 0 Å². The summed E-state index contributed by atoms with van der Waals surface area (Å²) in [7, 11) is -1.10. The molecule has 4 aromatic carbocycles. The van der Waals surface area contributed by atoms with Gasteiger partial charge in [0, 0.05) is 11.4 Å². The molecule has 142 valence electrons. The molecule has 0 aliphatic carbocycles. The van der Waals surface area contributed by atoms with Crippen molar-refractivity contribution >= 4 is 21.4 Å². The Kier molecular flexibility index (Phi) is 3.37. The van der Waals surface area contributed by atoms with Crippen molar-refractivity contribution in [1.82, 2.24) is 0 Å². The Balaban J connectivity index is 1.88. The Morgan fingerprint density at radius 2 is 0.897 bits per heavy atom. The van der Waals surface area contributed by atoms with E-state index in [1.54, 1.807) is 0 Å². The Hall–Kier alpha value is -2.97. The van der Waals surface area contributed by atoms with Gasteiger partial charge in [-0.05, 0) is 68.8 Å². The number of anilines is 2. The van der Waals surface area contributed by atoms with Crippen molar-refractivity contribution in [2.45, 2.75) is 15.2 Å². The molecule has 4 aromatic rings. The largest absolute Gasteiger partial charge is 0.355 e. The molecule has 1 nitrogen and oxygen atoms in total. The van der Waals surface area contributed by atoms with Gasteiger partial charge in [0.25, 0.3) is 0 Å². The van der Waals surface area contributed by atoms with Crippen LogP contribution in [0.15, 0.2) is 107 Å². The van der Waals surface area contributed by atoms with Crippen LogP contribution in [-0.4, -0.2) is 12.5 Å². The molecule has 0 amide bonds. The molecule has 2 aliphatic rings. The zero-order valence-electron chi connectivity index (χ0n) is 16.6. The van der Waals surface area contributed by atoms with Gasteiger partial charge < -0.3 is 5.32 Å². The van der Waals surface area contributed by atoms with Crippen LogP contribution in [-0.2, 0) is 5.41 Å². The first kappa shape index (κ1) is 16.9. The second-order valence-electron chi connectivity index (χ2n) is 8.29. The molecule has 0 bridgehead atoms. The van der Waals surface area contributed by atoms with E-state index in [1.807, 2.05) is 0 Å². The van der Waals surface area contributed by atoms with Gasteiger partial charge in [0.2, 0.25) is 0 Å². The molecule has 0 aromatic heterocycles. The minimum absolute atomic E-state index is 0.297. The zero-order valence-corrected chi connectivity index (χ0v) is 17.5. The number of fused-ring (bicyclic) bond motifs is 8. The van der Waals surface area contributed by atoms with Crippen molar-refractivity contribution in [2.24, 2.45) is 0 Å². The number of para-hydroxylation sites is 2. The Morgan fingerprint density at radius 3 is 1.38 bits per heavy atom. The van der Waals surface area contributed by atoms with E-state index < -0.39 is 10.0 Å². The average molecular weight is 394 g/mol. The third kappa shape index (κ3) is 2.02. The fourth-order valence-corrected chi connectivity index (χ4v) is 8.03. The first-order chi connectivity index (χ1) is 14.1. The molecular weight excluding hydrogens is 370 g/mol. The maximum Gasteiger partial charge on any atom is 0.0762 e. The van der Waals surface area contributed by atoms with Crippen LogP contribution in [0.3, 0.4) is 0 Å². The zero-order chi connectivity index (χ0) is 19.6. The fraction of sp³-hybridized carbons (Fsp3) is 0.111. The van der Waals surface area contributed by atoms with Crippen LogP contribution >= 0.6 is 10.0 Å². The third-order valence-corrected chi connectivity index (χ3v) is 9.52. The maximum atomic E-state index is 3.70. The van der Waals surface area contributed by atoms with Crippen molar-refractivity contribution in [3.8, 4) is 0 Å². The van der Waals surface area contributed by atoms with Gasteiger partial charge in [-0.2, -0.15) is 10.0 Å². The summed E-state index contributed by atoms with van der Waals surface area (Å²) in [5.41, 5.74) is 7.65.